The highest BCUT2D eigenvalue weighted by Crippen LogP contribution is 2.28. The molecular formula is C26H25F3N6O3. The number of methoxy groups -OCH3 is 1. The van der Waals surface area contributed by atoms with Crippen molar-refractivity contribution >= 4 is 22.8 Å². The smallest absolute Gasteiger partial charge is 0.252 e. The van der Waals surface area contributed by atoms with E-state index in [1.54, 1.807) is 30.2 Å². The molecule has 1 aliphatic rings. The normalized spacial score (nSPS) is 18.2. The molecular weight excluding hydrogens is 501 g/mol. The van der Waals surface area contributed by atoms with Gasteiger partial charge in [0.15, 0.2) is 11.6 Å². The summed E-state index contributed by atoms with van der Waals surface area (Å²) in [7, 11) is 3.07. The van der Waals surface area contributed by atoms with E-state index in [2.05, 4.69) is 25.7 Å². The van der Waals surface area contributed by atoms with Gasteiger partial charge in [-0.1, -0.05) is 6.07 Å². The van der Waals surface area contributed by atoms with Crippen LogP contribution in [-0.2, 0) is 11.8 Å². The van der Waals surface area contributed by atoms with Gasteiger partial charge in [0, 0.05) is 37.2 Å². The van der Waals surface area contributed by atoms with E-state index in [1.165, 1.54) is 31.5 Å². The van der Waals surface area contributed by atoms with Crippen LogP contribution in [-0.4, -0.2) is 58.2 Å². The highest BCUT2D eigenvalue weighted by molar-refractivity contribution is 5.98. The molecule has 1 fully saturated rings. The van der Waals surface area contributed by atoms with Gasteiger partial charge in [-0.15, -0.1) is 0 Å². The van der Waals surface area contributed by atoms with Crippen molar-refractivity contribution in [2.45, 2.75) is 24.7 Å². The number of halogens is 3. The van der Waals surface area contributed by atoms with Gasteiger partial charge in [0.1, 0.15) is 12.0 Å². The van der Waals surface area contributed by atoms with E-state index in [1.807, 2.05) is 0 Å². The molecule has 3 heterocycles. The Morgan fingerprint density at radius 1 is 1.18 bits per heavy atom. The molecule has 1 saturated heterocycles. The largest absolute Gasteiger partial charge is 0.494 e. The second kappa shape index (κ2) is 10.7. The van der Waals surface area contributed by atoms with Crippen molar-refractivity contribution < 1.29 is 27.4 Å². The van der Waals surface area contributed by atoms with Crippen LogP contribution in [0.4, 0.5) is 19.1 Å². The van der Waals surface area contributed by atoms with Crippen LogP contribution < -0.4 is 15.4 Å². The summed E-state index contributed by atoms with van der Waals surface area (Å²) in [6.07, 6.45) is 3.72. The number of ether oxygens (including phenoxy) is 2. The molecule has 0 saturated carbocycles. The summed E-state index contributed by atoms with van der Waals surface area (Å²) in [4.78, 5) is 21.7. The highest BCUT2D eigenvalue weighted by atomic mass is 19.1. The monoisotopic (exact) mass is 526 g/mol. The van der Waals surface area contributed by atoms with Gasteiger partial charge in [0.25, 0.3) is 5.91 Å². The minimum Gasteiger partial charge on any atom is -0.494 e. The molecule has 5 rings (SSSR count). The highest BCUT2D eigenvalue weighted by Gasteiger charge is 2.26. The molecule has 0 aliphatic carbocycles. The van der Waals surface area contributed by atoms with Crippen molar-refractivity contribution in [3.63, 3.8) is 0 Å². The molecule has 0 radical (unpaired) electrons. The summed E-state index contributed by atoms with van der Waals surface area (Å²) in [5.74, 6) is -1.72. The van der Waals surface area contributed by atoms with Crippen LogP contribution in [0.2, 0.25) is 0 Å². The van der Waals surface area contributed by atoms with E-state index in [4.69, 9.17) is 9.47 Å². The van der Waals surface area contributed by atoms with Gasteiger partial charge >= 0.3 is 0 Å². The molecule has 1 amide bonds. The molecule has 38 heavy (non-hydrogen) atoms. The van der Waals surface area contributed by atoms with Crippen LogP contribution in [0.5, 0.6) is 5.75 Å². The van der Waals surface area contributed by atoms with Crippen molar-refractivity contribution in [3.8, 4) is 5.75 Å². The SMILES string of the molecule is COc1ccc([C@H](NC(=O)c2cc(F)c3cnc(NC4CCOCC4F)nc3c2)c2cnn(C)c2)cc1F. The van der Waals surface area contributed by atoms with Crippen LogP contribution >= 0.6 is 0 Å². The molecule has 2 N–H and O–H groups in total. The number of rotatable bonds is 7. The number of nitrogens with one attached hydrogen (secondary N) is 2. The third kappa shape index (κ3) is 5.25. The first-order valence-corrected chi connectivity index (χ1v) is 11.9. The molecule has 2 aromatic heterocycles. The Balaban J connectivity index is 1.44. The molecule has 0 spiro atoms. The average Bonchev–Trinajstić information content (AvgIpc) is 3.34. The molecule has 9 nitrogen and oxygen atoms in total. The van der Waals surface area contributed by atoms with Crippen molar-refractivity contribution in [1.29, 1.82) is 0 Å². The zero-order chi connectivity index (χ0) is 26.8. The topological polar surface area (TPSA) is 103 Å². The minimum atomic E-state index is -1.23. The van der Waals surface area contributed by atoms with E-state index in [-0.39, 0.29) is 34.8 Å². The summed E-state index contributed by atoms with van der Waals surface area (Å²) >= 11 is 0. The maximum atomic E-state index is 14.9. The van der Waals surface area contributed by atoms with Crippen LogP contribution in [0.15, 0.2) is 48.9 Å². The number of aromatic nitrogens is 4. The molecule has 198 valence electrons. The maximum absolute atomic E-state index is 14.9. The maximum Gasteiger partial charge on any atom is 0.252 e. The number of aryl methyl sites for hydroxylation is 1. The first kappa shape index (κ1) is 25.5. The number of hydrogen-bond acceptors (Lipinski definition) is 7. The Hall–Kier alpha value is -4.19. The zero-order valence-corrected chi connectivity index (χ0v) is 20.6. The number of carbonyl (C=O) groups excluding carboxylic acids is 1. The molecule has 12 heteroatoms. The average molecular weight is 527 g/mol. The van der Waals surface area contributed by atoms with Crippen molar-refractivity contribution in [3.05, 3.63) is 77.2 Å². The number of benzene rings is 2. The Bertz CT molecular complexity index is 1480. The lowest BCUT2D eigenvalue weighted by Crippen LogP contribution is -2.39. The standard InChI is InChI=1S/C26H25F3N6O3/c1-35-12-16(10-31-35)24(14-3-4-23(37-2)19(28)7-14)34-25(36)15-8-18(27)17-11-30-26(33-22(17)9-15)32-21-5-6-38-13-20(21)29/h3-4,7-12,20-21,24H,5-6,13H2,1-2H3,(H,34,36)(H,30,32,33)/t20?,21?,24-/m0/s1. The minimum absolute atomic E-state index is 0.00282. The number of carbonyl (C=O) groups is 1. The summed E-state index contributed by atoms with van der Waals surface area (Å²) in [5.41, 5.74) is 1.20. The Labute approximate surface area is 216 Å². The fraction of sp³-hybridized carbons (Fsp3) is 0.308. The first-order valence-electron chi connectivity index (χ1n) is 11.9. The van der Waals surface area contributed by atoms with E-state index >= 15 is 0 Å². The molecule has 1 aliphatic heterocycles. The Morgan fingerprint density at radius 3 is 2.74 bits per heavy atom. The van der Waals surface area contributed by atoms with E-state index in [0.29, 0.717) is 24.2 Å². The first-order chi connectivity index (χ1) is 18.3. The third-order valence-electron chi connectivity index (χ3n) is 6.36. The molecule has 3 atom stereocenters. The van der Waals surface area contributed by atoms with Gasteiger partial charge < -0.3 is 20.1 Å². The second-order valence-electron chi connectivity index (χ2n) is 8.96. The van der Waals surface area contributed by atoms with Crippen LogP contribution in [0.25, 0.3) is 10.9 Å². The van der Waals surface area contributed by atoms with E-state index in [0.717, 1.165) is 6.07 Å². The van der Waals surface area contributed by atoms with Crippen LogP contribution in [0.1, 0.15) is 33.9 Å². The van der Waals surface area contributed by atoms with Gasteiger partial charge in [-0.3, -0.25) is 9.48 Å². The van der Waals surface area contributed by atoms with Crippen molar-refractivity contribution in [2.24, 2.45) is 7.05 Å². The summed E-state index contributed by atoms with van der Waals surface area (Å²) in [6, 6.07) is 5.53. The van der Waals surface area contributed by atoms with Gasteiger partial charge in [-0.2, -0.15) is 5.10 Å². The number of amides is 1. The Kier molecular flexibility index (Phi) is 7.14. The second-order valence-corrected chi connectivity index (χ2v) is 8.96. The molecule has 4 aromatic rings. The van der Waals surface area contributed by atoms with Gasteiger partial charge in [-0.05, 0) is 36.2 Å². The summed E-state index contributed by atoms with van der Waals surface area (Å²) in [5, 5.41) is 10.0. The van der Waals surface area contributed by atoms with Gasteiger partial charge in [0.2, 0.25) is 5.95 Å². The fourth-order valence-corrected chi connectivity index (χ4v) is 4.35. The number of anilines is 1. The third-order valence-corrected chi connectivity index (χ3v) is 6.36. The van der Waals surface area contributed by atoms with Crippen molar-refractivity contribution in [2.75, 3.05) is 25.6 Å². The zero-order valence-electron chi connectivity index (χ0n) is 20.6. The molecule has 0 bridgehead atoms. The number of alkyl halides is 1. The number of hydrogen-bond donors (Lipinski definition) is 2. The Morgan fingerprint density at radius 2 is 2.03 bits per heavy atom. The predicted molar refractivity (Wildman–Crippen MR) is 133 cm³/mol. The van der Waals surface area contributed by atoms with E-state index in [9.17, 15) is 18.0 Å². The quantitative estimate of drug-likeness (QED) is 0.379. The molecule has 2 aromatic carbocycles. The number of fused-ring (bicyclic) bond motifs is 1. The lowest BCUT2D eigenvalue weighted by molar-refractivity contribution is 0.0284. The van der Waals surface area contributed by atoms with Gasteiger partial charge in [-0.25, -0.2) is 23.1 Å². The lowest BCUT2D eigenvalue weighted by atomic mass is 10.0. The van der Waals surface area contributed by atoms with Crippen LogP contribution in [0.3, 0.4) is 0 Å². The van der Waals surface area contributed by atoms with E-state index < -0.39 is 35.8 Å². The summed E-state index contributed by atoms with van der Waals surface area (Å²) in [6.45, 7) is 0.376. The lowest BCUT2D eigenvalue weighted by Gasteiger charge is -2.26. The predicted octanol–water partition coefficient (Wildman–Crippen LogP) is 3.71. The van der Waals surface area contributed by atoms with Crippen LogP contribution in [0, 0.1) is 11.6 Å². The number of nitrogens with zero attached hydrogens (tertiary/aromatic N) is 4. The molecule has 2 unspecified atom stereocenters. The van der Waals surface area contributed by atoms with Crippen molar-refractivity contribution in [1.82, 2.24) is 25.1 Å². The van der Waals surface area contributed by atoms with Gasteiger partial charge in [0.05, 0.1) is 42.9 Å². The summed E-state index contributed by atoms with van der Waals surface area (Å²) < 4.78 is 55.3. The fourth-order valence-electron chi connectivity index (χ4n) is 4.35.